The maximum atomic E-state index is 13.6. The molecule has 250 valence electrons. The number of nitrogens with two attached hydrogens (primary N) is 1. The number of nitrogens with one attached hydrogen (secondary N) is 3. The summed E-state index contributed by atoms with van der Waals surface area (Å²) in [6.45, 7) is 6.82. The molecule has 0 unspecified atom stereocenters. The molecule has 2 aromatic carbocycles. The summed E-state index contributed by atoms with van der Waals surface area (Å²) in [6.07, 6.45) is 4.35. The molecule has 3 amide bonds. The van der Waals surface area contributed by atoms with Gasteiger partial charge in [0.25, 0.3) is 0 Å². The number of aromatic carboxylic acids is 1. The summed E-state index contributed by atoms with van der Waals surface area (Å²) in [5.41, 5.74) is 8.22. The van der Waals surface area contributed by atoms with E-state index in [1.807, 2.05) is 51.1 Å². The number of fused-ring (bicyclic) bond motifs is 1. The van der Waals surface area contributed by atoms with Crippen LogP contribution < -0.4 is 21.7 Å². The molecule has 5 atom stereocenters. The van der Waals surface area contributed by atoms with Crippen LogP contribution in [0.5, 0.6) is 0 Å². The molecule has 2 fully saturated rings. The molecule has 46 heavy (non-hydrogen) atoms. The molecule has 11 nitrogen and oxygen atoms in total. The lowest BCUT2D eigenvalue weighted by atomic mass is 9.72. The van der Waals surface area contributed by atoms with Crippen LogP contribution in [0, 0.1) is 11.8 Å². The standard InChI is InChI=1S/C35H49N5O6/c1-35(2,3)39-32(42)29-18-26-11-7-8-12-27(26)21-40(29)22-30(28(36)17-23-9-5-4-6-10-23)46-34(45)38-20-31(41)37-19-24-13-15-25(16-14-24)33(43)44/h4-6,9-10,13-16,26-30H,7-8,11-12,17-22,36H2,1-3H3,(H,37,41)(H,38,45)(H,39,42)(H,43,44)/t26-,27+,28-,29-,30+/m0/s1. The fourth-order valence-corrected chi connectivity index (χ4v) is 6.50. The van der Waals surface area contributed by atoms with Crippen LogP contribution in [0.3, 0.4) is 0 Å². The number of piperidine rings is 1. The van der Waals surface area contributed by atoms with E-state index in [-0.39, 0.29) is 36.1 Å². The van der Waals surface area contributed by atoms with Crippen LogP contribution in [0.1, 0.15) is 74.4 Å². The number of benzene rings is 2. The van der Waals surface area contributed by atoms with Gasteiger partial charge in [-0.2, -0.15) is 0 Å². The van der Waals surface area contributed by atoms with Crippen molar-refractivity contribution in [3.63, 3.8) is 0 Å². The third-order valence-electron chi connectivity index (χ3n) is 8.85. The first kappa shape index (κ1) is 34.9. The number of hydrogen-bond donors (Lipinski definition) is 5. The summed E-state index contributed by atoms with van der Waals surface area (Å²) >= 11 is 0. The Morgan fingerprint density at radius 2 is 1.63 bits per heavy atom. The number of alkyl carbamates (subject to hydrolysis) is 1. The van der Waals surface area contributed by atoms with Crippen LogP contribution >= 0.6 is 0 Å². The highest BCUT2D eigenvalue weighted by Crippen LogP contribution is 2.39. The molecule has 11 heteroatoms. The Bertz CT molecular complexity index is 1330. The van der Waals surface area contributed by atoms with Gasteiger partial charge in [-0.25, -0.2) is 9.59 Å². The predicted molar refractivity (Wildman–Crippen MR) is 175 cm³/mol. The molecule has 1 aliphatic carbocycles. The minimum absolute atomic E-state index is 0.0226. The zero-order chi connectivity index (χ0) is 33.3. The molecule has 0 radical (unpaired) electrons. The van der Waals surface area contributed by atoms with Crippen LogP contribution in [0.15, 0.2) is 54.6 Å². The van der Waals surface area contributed by atoms with Gasteiger partial charge in [-0.3, -0.25) is 14.5 Å². The number of amides is 3. The zero-order valence-corrected chi connectivity index (χ0v) is 27.2. The highest BCUT2D eigenvalue weighted by atomic mass is 16.6. The number of carboxylic acid groups (broad SMARTS) is 1. The number of likely N-dealkylation sites (tertiary alicyclic amines) is 1. The van der Waals surface area contributed by atoms with Gasteiger partial charge in [-0.1, -0.05) is 61.7 Å². The average Bonchev–Trinajstić information content (AvgIpc) is 3.02. The first-order chi connectivity index (χ1) is 21.9. The van der Waals surface area contributed by atoms with Crippen molar-refractivity contribution in [1.29, 1.82) is 0 Å². The summed E-state index contributed by atoms with van der Waals surface area (Å²) in [7, 11) is 0. The number of rotatable bonds is 12. The molecule has 1 heterocycles. The van der Waals surface area contributed by atoms with E-state index < -0.39 is 30.1 Å². The summed E-state index contributed by atoms with van der Waals surface area (Å²) in [5, 5.41) is 17.5. The van der Waals surface area contributed by atoms with E-state index in [1.54, 1.807) is 12.1 Å². The predicted octanol–water partition coefficient (Wildman–Crippen LogP) is 3.46. The monoisotopic (exact) mass is 635 g/mol. The van der Waals surface area contributed by atoms with Gasteiger partial charge < -0.3 is 31.5 Å². The second kappa shape index (κ2) is 16.0. The van der Waals surface area contributed by atoms with Crippen LogP contribution in [0.25, 0.3) is 0 Å². The van der Waals surface area contributed by atoms with Crippen molar-refractivity contribution in [3.8, 4) is 0 Å². The Kier molecular flexibility index (Phi) is 12.2. The van der Waals surface area contributed by atoms with Crippen LogP contribution in [0.4, 0.5) is 4.79 Å². The molecule has 1 saturated carbocycles. The van der Waals surface area contributed by atoms with Gasteiger partial charge in [0.15, 0.2) is 0 Å². The topological polar surface area (TPSA) is 163 Å². The lowest BCUT2D eigenvalue weighted by Crippen LogP contribution is -2.60. The van der Waals surface area contributed by atoms with Crippen LogP contribution in [-0.2, 0) is 27.3 Å². The van der Waals surface area contributed by atoms with Gasteiger partial charge in [-0.15, -0.1) is 0 Å². The van der Waals surface area contributed by atoms with E-state index in [4.69, 9.17) is 15.6 Å². The van der Waals surface area contributed by atoms with Gasteiger partial charge in [0.2, 0.25) is 11.8 Å². The normalized spacial score (nSPS) is 21.3. The maximum absolute atomic E-state index is 13.6. The van der Waals surface area contributed by atoms with Gasteiger partial charge in [0.1, 0.15) is 12.6 Å². The summed E-state index contributed by atoms with van der Waals surface area (Å²) in [6, 6.07) is 15.0. The highest BCUT2D eigenvalue weighted by molar-refractivity contribution is 5.87. The second-order valence-electron chi connectivity index (χ2n) is 13.7. The third kappa shape index (κ3) is 10.6. The van der Waals surface area contributed by atoms with Crippen molar-refractivity contribution in [2.75, 3.05) is 19.6 Å². The molecule has 2 aromatic rings. The summed E-state index contributed by atoms with van der Waals surface area (Å²) in [4.78, 5) is 52.3. The quantitative estimate of drug-likeness (QED) is 0.237. The van der Waals surface area contributed by atoms with Gasteiger partial charge in [0.05, 0.1) is 11.6 Å². The Balaban J connectivity index is 1.41. The third-order valence-corrected chi connectivity index (χ3v) is 8.85. The first-order valence-electron chi connectivity index (χ1n) is 16.3. The van der Waals surface area contributed by atoms with E-state index in [0.29, 0.717) is 24.8 Å². The molecule has 2 aliphatic rings. The molecule has 4 rings (SSSR count). The van der Waals surface area contributed by atoms with Crippen molar-refractivity contribution in [1.82, 2.24) is 20.9 Å². The number of nitrogens with zero attached hydrogens (tertiary/aromatic N) is 1. The Morgan fingerprint density at radius 3 is 2.28 bits per heavy atom. The lowest BCUT2D eigenvalue weighted by Gasteiger charge is -2.47. The number of carboxylic acids is 1. The molecule has 0 bridgehead atoms. The molecule has 1 aliphatic heterocycles. The Morgan fingerprint density at radius 1 is 0.957 bits per heavy atom. The first-order valence-corrected chi connectivity index (χ1v) is 16.3. The Hall–Kier alpha value is -3.96. The van der Waals surface area contributed by atoms with Gasteiger partial charge in [-0.05, 0) is 75.1 Å². The fraction of sp³-hybridized carbons (Fsp3) is 0.543. The average molecular weight is 636 g/mol. The maximum Gasteiger partial charge on any atom is 0.407 e. The van der Waals surface area contributed by atoms with Crippen molar-refractivity contribution in [2.45, 2.75) is 89.6 Å². The minimum Gasteiger partial charge on any atom is -0.478 e. The van der Waals surface area contributed by atoms with Gasteiger partial charge >= 0.3 is 12.1 Å². The van der Waals surface area contributed by atoms with Crippen LogP contribution in [-0.4, -0.2) is 77.2 Å². The molecule has 0 spiro atoms. The number of carbonyl (C=O) groups excluding carboxylic acids is 3. The minimum atomic E-state index is -1.03. The number of ether oxygens (including phenoxy) is 1. The largest absolute Gasteiger partial charge is 0.478 e. The van der Waals surface area contributed by atoms with Crippen molar-refractivity contribution < 1.29 is 29.0 Å². The SMILES string of the molecule is CC(C)(C)NC(=O)[C@@H]1C[C@@H]2CCCC[C@@H]2CN1C[C@@H](OC(=O)NCC(=O)NCc1ccc(C(=O)O)cc1)[C@@H](N)Cc1ccccc1. The molecular weight excluding hydrogens is 586 g/mol. The molecule has 6 N–H and O–H groups in total. The Labute approximate surface area is 271 Å². The smallest absolute Gasteiger partial charge is 0.407 e. The molecule has 0 aromatic heterocycles. The lowest BCUT2D eigenvalue weighted by molar-refractivity contribution is -0.132. The molecule has 1 saturated heterocycles. The van der Waals surface area contributed by atoms with Crippen molar-refractivity contribution in [3.05, 3.63) is 71.3 Å². The van der Waals surface area contributed by atoms with Crippen molar-refractivity contribution >= 4 is 23.9 Å². The highest BCUT2D eigenvalue weighted by Gasteiger charge is 2.42. The van der Waals surface area contributed by atoms with E-state index in [9.17, 15) is 19.2 Å². The number of carbonyl (C=O) groups is 4. The van der Waals surface area contributed by atoms with E-state index in [0.717, 1.165) is 36.9 Å². The second-order valence-corrected chi connectivity index (χ2v) is 13.7. The number of hydrogen-bond acceptors (Lipinski definition) is 7. The zero-order valence-electron chi connectivity index (χ0n) is 27.2. The van der Waals surface area contributed by atoms with E-state index in [2.05, 4.69) is 20.9 Å². The van der Waals surface area contributed by atoms with E-state index >= 15 is 0 Å². The summed E-state index contributed by atoms with van der Waals surface area (Å²) in [5.74, 6) is -0.498. The van der Waals surface area contributed by atoms with Crippen molar-refractivity contribution in [2.24, 2.45) is 17.6 Å². The molecular formula is C35H49N5O6. The van der Waals surface area contributed by atoms with E-state index in [1.165, 1.54) is 25.0 Å². The summed E-state index contributed by atoms with van der Waals surface area (Å²) < 4.78 is 5.92. The van der Waals surface area contributed by atoms with Crippen LogP contribution in [0.2, 0.25) is 0 Å². The van der Waals surface area contributed by atoms with Gasteiger partial charge in [0, 0.05) is 31.2 Å². The fourth-order valence-electron chi connectivity index (χ4n) is 6.50.